The second-order valence-electron chi connectivity index (χ2n) is 4.59. The summed E-state index contributed by atoms with van der Waals surface area (Å²) in [5.41, 5.74) is 0.536. The van der Waals surface area contributed by atoms with E-state index in [4.69, 9.17) is 19.3 Å². The first-order chi connectivity index (χ1) is 11.1. The normalized spacial score (nSPS) is 10.0. The summed E-state index contributed by atoms with van der Waals surface area (Å²) in [5, 5.41) is 13.7. The van der Waals surface area contributed by atoms with Gasteiger partial charge in [0.2, 0.25) is 0 Å². The van der Waals surface area contributed by atoms with Crippen LogP contribution in [0.15, 0.2) is 18.2 Å². The van der Waals surface area contributed by atoms with Gasteiger partial charge in [-0.25, -0.2) is 4.79 Å². The maximum absolute atomic E-state index is 11.7. The minimum absolute atomic E-state index is 0.0142. The molecular weight excluding hydrogens is 304 g/mol. The zero-order valence-corrected chi connectivity index (χ0v) is 13.3. The van der Waals surface area contributed by atoms with Crippen LogP contribution in [0.5, 0.6) is 11.5 Å². The first kappa shape index (κ1) is 18.6. The van der Waals surface area contributed by atoms with E-state index < -0.39 is 12.0 Å². The summed E-state index contributed by atoms with van der Waals surface area (Å²) in [4.78, 5) is 22.1. The van der Waals surface area contributed by atoms with Gasteiger partial charge in [0.05, 0.1) is 13.7 Å². The molecule has 128 valence electrons. The maximum atomic E-state index is 11.7. The molecule has 8 heteroatoms. The number of rotatable bonds is 10. The van der Waals surface area contributed by atoms with Crippen molar-refractivity contribution in [2.24, 2.45) is 0 Å². The Morgan fingerprint density at radius 2 is 1.96 bits per heavy atom. The minimum atomic E-state index is -0.889. The Bertz CT molecular complexity index is 521. The Hall–Kier alpha value is -2.48. The second-order valence-corrected chi connectivity index (χ2v) is 4.59. The number of hydrogen-bond donors (Lipinski definition) is 3. The fourth-order valence-electron chi connectivity index (χ4n) is 1.72. The summed E-state index contributed by atoms with van der Waals surface area (Å²) in [7, 11) is 3.11. The van der Waals surface area contributed by atoms with Crippen LogP contribution in [-0.4, -0.2) is 51.1 Å². The number of amides is 2. The zero-order chi connectivity index (χ0) is 17.1. The summed E-state index contributed by atoms with van der Waals surface area (Å²) in [5.74, 6) is 0.155. The maximum Gasteiger partial charge on any atom is 0.319 e. The van der Waals surface area contributed by atoms with Crippen LogP contribution in [0, 0.1) is 0 Å². The lowest BCUT2D eigenvalue weighted by atomic mass is 10.2. The average Bonchev–Trinajstić information content (AvgIpc) is 2.52. The molecule has 0 saturated carbocycles. The molecule has 0 bridgehead atoms. The van der Waals surface area contributed by atoms with Gasteiger partial charge in [-0.1, -0.05) is 0 Å². The third kappa shape index (κ3) is 7.37. The summed E-state index contributed by atoms with van der Waals surface area (Å²) >= 11 is 0. The van der Waals surface area contributed by atoms with Crippen molar-refractivity contribution in [1.82, 2.24) is 5.32 Å². The highest BCUT2D eigenvalue weighted by molar-refractivity contribution is 5.89. The highest BCUT2D eigenvalue weighted by atomic mass is 16.5. The molecule has 0 aromatic heterocycles. The summed E-state index contributed by atoms with van der Waals surface area (Å²) in [6.45, 7) is 1.08. The van der Waals surface area contributed by atoms with Gasteiger partial charge in [-0.15, -0.1) is 0 Å². The highest BCUT2D eigenvalue weighted by Crippen LogP contribution is 2.30. The molecule has 3 N–H and O–H groups in total. The van der Waals surface area contributed by atoms with Gasteiger partial charge >= 0.3 is 12.0 Å². The van der Waals surface area contributed by atoms with Gasteiger partial charge < -0.3 is 30.0 Å². The number of aliphatic carboxylic acids is 1. The molecule has 0 fully saturated rings. The Labute approximate surface area is 134 Å². The molecule has 0 heterocycles. The standard InChI is InChI=1S/C15H22N2O6/c1-21-8-9-23-13-10-11(5-6-12(13)22-2)17-15(20)16-7-3-4-14(18)19/h5-6,10H,3-4,7-9H2,1-2H3,(H,18,19)(H2,16,17,20). The third-order valence-corrected chi connectivity index (χ3v) is 2.82. The molecule has 1 aromatic rings. The van der Waals surface area contributed by atoms with Gasteiger partial charge in [0.15, 0.2) is 11.5 Å². The molecule has 1 rings (SSSR count). The molecule has 0 atom stereocenters. The molecule has 0 aliphatic carbocycles. The summed E-state index contributed by atoms with van der Waals surface area (Å²) in [6, 6.07) is 4.59. The molecule has 0 aliphatic heterocycles. The van der Waals surface area contributed by atoms with Crippen LogP contribution in [0.4, 0.5) is 10.5 Å². The molecule has 0 aliphatic rings. The van der Waals surface area contributed by atoms with E-state index in [0.717, 1.165) is 0 Å². The number of carboxylic acid groups (broad SMARTS) is 1. The second kappa shape index (κ2) is 10.3. The lowest BCUT2D eigenvalue weighted by Gasteiger charge is -2.13. The fourth-order valence-corrected chi connectivity index (χ4v) is 1.72. The van der Waals surface area contributed by atoms with Crippen LogP contribution in [0.1, 0.15) is 12.8 Å². The number of methoxy groups -OCH3 is 2. The van der Waals surface area contributed by atoms with E-state index in [1.54, 1.807) is 25.3 Å². The van der Waals surface area contributed by atoms with Crippen molar-refractivity contribution < 1.29 is 28.9 Å². The van der Waals surface area contributed by atoms with Crippen LogP contribution >= 0.6 is 0 Å². The van der Waals surface area contributed by atoms with Crippen molar-refractivity contribution in [3.05, 3.63) is 18.2 Å². The van der Waals surface area contributed by atoms with Crippen LogP contribution in [0.2, 0.25) is 0 Å². The molecule has 0 saturated heterocycles. The zero-order valence-electron chi connectivity index (χ0n) is 13.3. The predicted molar refractivity (Wildman–Crippen MR) is 84.3 cm³/mol. The topological polar surface area (TPSA) is 106 Å². The molecule has 1 aromatic carbocycles. The van der Waals surface area contributed by atoms with E-state index in [9.17, 15) is 9.59 Å². The van der Waals surface area contributed by atoms with Crippen LogP contribution in [-0.2, 0) is 9.53 Å². The average molecular weight is 326 g/mol. The summed E-state index contributed by atoms with van der Waals surface area (Å²) in [6.07, 6.45) is 0.386. The van der Waals surface area contributed by atoms with Crippen LogP contribution < -0.4 is 20.1 Å². The van der Waals surface area contributed by atoms with E-state index in [1.165, 1.54) is 7.11 Å². The Balaban J connectivity index is 2.53. The smallest absolute Gasteiger partial charge is 0.319 e. The van der Waals surface area contributed by atoms with Gasteiger partial charge in [-0.2, -0.15) is 0 Å². The molecule has 23 heavy (non-hydrogen) atoms. The Kier molecular flexibility index (Phi) is 8.30. The molecule has 2 amide bonds. The minimum Gasteiger partial charge on any atom is -0.493 e. The van der Waals surface area contributed by atoms with Crippen LogP contribution in [0.3, 0.4) is 0 Å². The van der Waals surface area contributed by atoms with Crippen LogP contribution in [0.25, 0.3) is 0 Å². The first-order valence-corrected chi connectivity index (χ1v) is 7.13. The quantitative estimate of drug-likeness (QED) is 0.565. The number of urea groups is 1. The van der Waals surface area contributed by atoms with Crippen molar-refractivity contribution in [2.45, 2.75) is 12.8 Å². The largest absolute Gasteiger partial charge is 0.493 e. The number of ether oxygens (including phenoxy) is 3. The van der Waals surface area contributed by atoms with Crippen molar-refractivity contribution in [2.75, 3.05) is 39.3 Å². The van der Waals surface area contributed by atoms with E-state index in [1.807, 2.05) is 0 Å². The predicted octanol–water partition coefficient (Wildman–Crippen LogP) is 1.71. The van der Waals surface area contributed by atoms with Crippen molar-refractivity contribution in [3.8, 4) is 11.5 Å². The van der Waals surface area contributed by atoms with Gasteiger partial charge in [0.25, 0.3) is 0 Å². The highest BCUT2D eigenvalue weighted by Gasteiger charge is 2.08. The Morgan fingerprint density at radius 1 is 1.17 bits per heavy atom. The Morgan fingerprint density at radius 3 is 2.61 bits per heavy atom. The number of carbonyl (C=O) groups is 2. The SMILES string of the molecule is COCCOc1cc(NC(=O)NCCCC(=O)O)ccc1OC. The van der Waals surface area contributed by atoms with Gasteiger partial charge in [-0.05, 0) is 18.6 Å². The first-order valence-electron chi connectivity index (χ1n) is 7.13. The van der Waals surface area contributed by atoms with Gasteiger partial charge in [-0.3, -0.25) is 4.79 Å². The van der Waals surface area contributed by atoms with E-state index in [0.29, 0.717) is 36.8 Å². The number of hydrogen-bond acceptors (Lipinski definition) is 5. The molecule has 0 spiro atoms. The van der Waals surface area contributed by atoms with Crippen molar-refractivity contribution in [3.63, 3.8) is 0 Å². The van der Waals surface area contributed by atoms with Crippen molar-refractivity contribution in [1.29, 1.82) is 0 Å². The molecule has 0 unspecified atom stereocenters. The molecule has 0 radical (unpaired) electrons. The monoisotopic (exact) mass is 326 g/mol. The number of carbonyl (C=O) groups excluding carboxylic acids is 1. The summed E-state index contributed by atoms with van der Waals surface area (Å²) < 4.78 is 15.6. The van der Waals surface area contributed by atoms with E-state index in [-0.39, 0.29) is 13.0 Å². The number of carboxylic acids is 1. The molecule has 8 nitrogen and oxygen atoms in total. The van der Waals surface area contributed by atoms with Gasteiger partial charge in [0, 0.05) is 31.8 Å². The number of benzene rings is 1. The lowest BCUT2D eigenvalue weighted by Crippen LogP contribution is -2.29. The number of anilines is 1. The van der Waals surface area contributed by atoms with Crippen molar-refractivity contribution >= 4 is 17.7 Å². The van der Waals surface area contributed by atoms with Gasteiger partial charge in [0.1, 0.15) is 6.61 Å². The number of nitrogens with one attached hydrogen (secondary N) is 2. The fraction of sp³-hybridized carbons (Fsp3) is 0.467. The third-order valence-electron chi connectivity index (χ3n) is 2.82. The molecular formula is C15H22N2O6. The van der Waals surface area contributed by atoms with E-state index in [2.05, 4.69) is 10.6 Å². The lowest BCUT2D eigenvalue weighted by molar-refractivity contribution is -0.137. The van der Waals surface area contributed by atoms with E-state index >= 15 is 0 Å².